The molecule has 2 aromatic rings. The van der Waals surface area contributed by atoms with Crippen LogP contribution in [0.3, 0.4) is 0 Å². The lowest BCUT2D eigenvalue weighted by atomic mass is 10.2. The summed E-state index contributed by atoms with van der Waals surface area (Å²) in [6.45, 7) is 10.9. The Hall–Kier alpha value is -1.55. The van der Waals surface area contributed by atoms with Gasteiger partial charge in [-0.25, -0.2) is 4.98 Å². The first-order chi connectivity index (χ1) is 9.09. The molecule has 0 atom stereocenters. The molecule has 19 heavy (non-hydrogen) atoms. The van der Waals surface area contributed by atoms with E-state index in [0.29, 0.717) is 12.1 Å². The summed E-state index contributed by atoms with van der Waals surface area (Å²) in [6.07, 6.45) is 7.29. The smallest absolute Gasteiger partial charge is 0.143 e. The summed E-state index contributed by atoms with van der Waals surface area (Å²) in [5.74, 6) is 0.973. The summed E-state index contributed by atoms with van der Waals surface area (Å²) in [5, 5.41) is 0. The normalized spacial score (nSPS) is 11.9. The average molecular weight is 261 g/mol. The van der Waals surface area contributed by atoms with Gasteiger partial charge in [0.2, 0.25) is 0 Å². The van der Waals surface area contributed by atoms with E-state index in [1.165, 1.54) is 0 Å². The number of hydrogen-bond acceptors (Lipinski definition) is 3. The van der Waals surface area contributed by atoms with Crippen LogP contribution in [0.2, 0.25) is 0 Å². The minimum Gasteiger partial charge on any atom is -0.472 e. The number of aromatic nitrogens is 2. The van der Waals surface area contributed by atoms with Crippen LogP contribution in [0.15, 0.2) is 35.4 Å². The highest BCUT2D eigenvalue weighted by Gasteiger charge is 2.14. The third-order valence-electron chi connectivity index (χ3n) is 3.42. The largest absolute Gasteiger partial charge is 0.472 e. The van der Waals surface area contributed by atoms with Gasteiger partial charge in [-0.05, 0) is 33.8 Å². The second-order valence-corrected chi connectivity index (χ2v) is 5.38. The van der Waals surface area contributed by atoms with Gasteiger partial charge in [0.25, 0.3) is 0 Å². The molecule has 4 nitrogen and oxygen atoms in total. The van der Waals surface area contributed by atoms with Crippen LogP contribution in [0.25, 0.3) is 11.4 Å². The molecule has 104 valence electrons. The minimum atomic E-state index is 0.556. The molecule has 0 fully saturated rings. The minimum absolute atomic E-state index is 0.556. The lowest BCUT2D eigenvalue weighted by molar-refractivity contribution is 0.168. The van der Waals surface area contributed by atoms with Gasteiger partial charge in [-0.3, -0.25) is 4.90 Å². The predicted octanol–water partition coefficient (Wildman–Crippen LogP) is 3.26. The fourth-order valence-electron chi connectivity index (χ4n) is 2.48. The van der Waals surface area contributed by atoms with Crippen LogP contribution in [0.4, 0.5) is 0 Å². The zero-order valence-electron chi connectivity index (χ0n) is 12.2. The van der Waals surface area contributed by atoms with Crippen molar-refractivity contribution in [1.29, 1.82) is 0 Å². The van der Waals surface area contributed by atoms with Crippen molar-refractivity contribution < 1.29 is 4.42 Å². The number of imidazole rings is 1. The van der Waals surface area contributed by atoms with Crippen LogP contribution < -0.4 is 0 Å². The van der Waals surface area contributed by atoms with Gasteiger partial charge in [0.05, 0.1) is 11.8 Å². The summed E-state index contributed by atoms with van der Waals surface area (Å²) in [6, 6.07) is 3.06. The maximum atomic E-state index is 5.13. The van der Waals surface area contributed by atoms with Gasteiger partial charge in [0, 0.05) is 37.6 Å². The molecule has 2 heterocycles. The average Bonchev–Trinajstić information content (AvgIpc) is 2.97. The van der Waals surface area contributed by atoms with Crippen LogP contribution in [0.5, 0.6) is 0 Å². The SMILES string of the molecule is CC(C)N(CCn1ccnc1-c1ccoc1)C(C)C. The van der Waals surface area contributed by atoms with E-state index < -0.39 is 0 Å². The van der Waals surface area contributed by atoms with Crippen molar-refractivity contribution in [2.45, 2.75) is 46.3 Å². The molecule has 0 bridgehead atoms. The molecule has 0 aliphatic heterocycles. The van der Waals surface area contributed by atoms with E-state index >= 15 is 0 Å². The van der Waals surface area contributed by atoms with Gasteiger partial charge in [0.1, 0.15) is 12.1 Å². The van der Waals surface area contributed by atoms with E-state index in [1.807, 2.05) is 18.5 Å². The van der Waals surface area contributed by atoms with Gasteiger partial charge < -0.3 is 8.98 Å². The van der Waals surface area contributed by atoms with Crippen molar-refractivity contribution in [3.05, 3.63) is 31.0 Å². The van der Waals surface area contributed by atoms with Crippen molar-refractivity contribution in [2.75, 3.05) is 6.54 Å². The molecule has 0 N–H and O–H groups in total. The topological polar surface area (TPSA) is 34.2 Å². The van der Waals surface area contributed by atoms with E-state index in [4.69, 9.17) is 4.42 Å². The predicted molar refractivity (Wildman–Crippen MR) is 76.9 cm³/mol. The monoisotopic (exact) mass is 261 g/mol. The Balaban J connectivity index is 2.06. The Kier molecular flexibility index (Phi) is 4.43. The Morgan fingerprint density at radius 3 is 2.58 bits per heavy atom. The maximum absolute atomic E-state index is 5.13. The molecular weight excluding hydrogens is 238 g/mol. The van der Waals surface area contributed by atoms with Crippen LogP contribution in [-0.2, 0) is 6.54 Å². The molecule has 0 unspecified atom stereocenters. The Morgan fingerprint density at radius 2 is 2.00 bits per heavy atom. The van der Waals surface area contributed by atoms with Gasteiger partial charge in [0.15, 0.2) is 0 Å². The summed E-state index contributed by atoms with van der Waals surface area (Å²) in [7, 11) is 0. The summed E-state index contributed by atoms with van der Waals surface area (Å²) >= 11 is 0. The lowest BCUT2D eigenvalue weighted by Crippen LogP contribution is -2.39. The Bertz CT molecular complexity index is 477. The van der Waals surface area contributed by atoms with Gasteiger partial charge in [-0.15, -0.1) is 0 Å². The van der Waals surface area contributed by atoms with E-state index in [2.05, 4.69) is 42.1 Å². The maximum Gasteiger partial charge on any atom is 0.143 e. The second kappa shape index (κ2) is 6.06. The lowest BCUT2D eigenvalue weighted by Gasteiger charge is -2.30. The molecule has 0 saturated carbocycles. The highest BCUT2D eigenvalue weighted by Crippen LogP contribution is 2.18. The van der Waals surface area contributed by atoms with Gasteiger partial charge in [-0.2, -0.15) is 0 Å². The zero-order chi connectivity index (χ0) is 13.8. The molecule has 0 amide bonds. The molecule has 0 radical (unpaired) electrons. The molecule has 0 saturated heterocycles. The van der Waals surface area contributed by atoms with Crippen molar-refractivity contribution in [3.63, 3.8) is 0 Å². The Morgan fingerprint density at radius 1 is 1.26 bits per heavy atom. The molecule has 0 aliphatic rings. The standard InChI is InChI=1S/C15H23N3O/c1-12(2)18(13(3)4)9-8-17-7-6-16-15(17)14-5-10-19-11-14/h5-7,10-13H,8-9H2,1-4H3. The molecule has 2 aromatic heterocycles. The number of furan rings is 1. The van der Waals surface area contributed by atoms with E-state index in [9.17, 15) is 0 Å². The number of nitrogens with zero attached hydrogens (tertiary/aromatic N) is 3. The van der Waals surface area contributed by atoms with Crippen molar-refractivity contribution in [1.82, 2.24) is 14.5 Å². The summed E-state index contributed by atoms with van der Waals surface area (Å²) in [5.41, 5.74) is 1.03. The number of hydrogen-bond donors (Lipinski definition) is 0. The van der Waals surface area contributed by atoms with E-state index in [-0.39, 0.29) is 0 Å². The van der Waals surface area contributed by atoms with Crippen molar-refractivity contribution in [2.24, 2.45) is 0 Å². The quantitative estimate of drug-likeness (QED) is 0.800. The second-order valence-electron chi connectivity index (χ2n) is 5.38. The first-order valence-corrected chi connectivity index (χ1v) is 6.89. The first-order valence-electron chi connectivity index (χ1n) is 6.89. The highest BCUT2D eigenvalue weighted by molar-refractivity contribution is 5.53. The molecule has 0 aromatic carbocycles. The summed E-state index contributed by atoms with van der Waals surface area (Å²) in [4.78, 5) is 6.90. The van der Waals surface area contributed by atoms with E-state index in [1.54, 1.807) is 12.5 Å². The molecule has 0 spiro atoms. The van der Waals surface area contributed by atoms with Crippen molar-refractivity contribution >= 4 is 0 Å². The fourth-order valence-corrected chi connectivity index (χ4v) is 2.48. The molecule has 0 aliphatic carbocycles. The third kappa shape index (κ3) is 3.26. The molecular formula is C15H23N3O. The molecule has 2 rings (SSSR count). The van der Waals surface area contributed by atoms with Gasteiger partial charge >= 0.3 is 0 Å². The Labute approximate surface area is 115 Å². The van der Waals surface area contributed by atoms with Crippen LogP contribution in [0.1, 0.15) is 27.7 Å². The number of rotatable bonds is 6. The molecule has 4 heteroatoms. The van der Waals surface area contributed by atoms with Gasteiger partial charge in [-0.1, -0.05) is 0 Å². The highest BCUT2D eigenvalue weighted by atomic mass is 16.3. The van der Waals surface area contributed by atoms with Crippen LogP contribution in [0, 0.1) is 0 Å². The van der Waals surface area contributed by atoms with Crippen LogP contribution >= 0.6 is 0 Å². The van der Waals surface area contributed by atoms with Crippen molar-refractivity contribution in [3.8, 4) is 11.4 Å². The van der Waals surface area contributed by atoms with E-state index in [0.717, 1.165) is 24.5 Å². The van der Waals surface area contributed by atoms with Crippen LogP contribution in [-0.4, -0.2) is 33.1 Å². The fraction of sp³-hybridized carbons (Fsp3) is 0.533. The third-order valence-corrected chi connectivity index (χ3v) is 3.42. The first kappa shape index (κ1) is 13.9. The summed E-state index contributed by atoms with van der Waals surface area (Å²) < 4.78 is 7.31. The zero-order valence-corrected chi connectivity index (χ0v) is 12.2.